The predicted molar refractivity (Wildman–Crippen MR) is 106 cm³/mol. The molecule has 0 aromatic heterocycles. The van der Waals surface area contributed by atoms with Gasteiger partial charge >= 0.3 is 23.9 Å². The average Bonchev–Trinajstić information content (AvgIpc) is 2.70. The van der Waals surface area contributed by atoms with Crippen molar-refractivity contribution in [1.82, 2.24) is 11.1 Å². The van der Waals surface area contributed by atoms with Gasteiger partial charge in [0.05, 0.1) is 19.6 Å². The van der Waals surface area contributed by atoms with Crippen LogP contribution < -0.4 is 6.15 Å². The van der Waals surface area contributed by atoms with Gasteiger partial charge in [-0.1, -0.05) is 58.3 Å². The van der Waals surface area contributed by atoms with Gasteiger partial charge in [0.25, 0.3) is 0 Å². The Kier molecular flexibility index (Phi) is 15.7. The fourth-order valence-electron chi connectivity index (χ4n) is 2.91. The molecule has 0 saturated carbocycles. The zero-order chi connectivity index (χ0) is 20.6. The molecule has 0 bridgehead atoms. The minimum atomic E-state index is -0.791. The Morgan fingerprint density at radius 1 is 0.828 bits per heavy atom. The van der Waals surface area contributed by atoms with E-state index in [0.29, 0.717) is 6.42 Å². The first-order valence-corrected chi connectivity index (χ1v) is 10.3. The lowest BCUT2D eigenvalue weighted by Crippen LogP contribution is -2.39. The number of carbonyl (C=O) groups excluding carboxylic acids is 4. The highest BCUT2D eigenvalue weighted by Crippen LogP contribution is 2.11. The van der Waals surface area contributed by atoms with Crippen LogP contribution in [-0.2, 0) is 33.4 Å². The van der Waals surface area contributed by atoms with Crippen LogP contribution >= 0.6 is 0 Å². The second-order valence-electron chi connectivity index (χ2n) is 7.01. The molecule has 0 radical (unpaired) electrons. The van der Waals surface area contributed by atoms with Crippen molar-refractivity contribution in [3.63, 3.8) is 0 Å². The molecule has 168 valence electrons. The summed E-state index contributed by atoms with van der Waals surface area (Å²) in [6.07, 6.45) is 10.4. The normalized spacial score (nSPS) is 15.2. The number of esters is 4. The highest BCUT2D eigenvalue weighted by molar-refractivity contribution is 5.87. The van der Waals surface area contributed by atoms with Gasteiger partial charge in [-0.05, 0) is 6.42 Å². The number of cyclic esters (lactones) is 2. The summed E-state index contributed by atoms with van der Waals surface area (Å²) >= 11 is 0. The van der Waals surface area contributed by atoms with Crippen LogP contribution in [0.4, 0.5) is 0 Å². The molecule has 0 amide bonds. The van der Waals surface area contributed by atoms with E-state index < -0.39 is 23.9 Å². The Hall–Kier alpha value is -2.00. The summed E-state index contributed by atoms with van der Waals surface area (Å²) in [7, 11) is 0. The van der Waals surface area contributed by atoms with E-state index in [0.717, 1.165) is 12.8 Å². The first kappa shape index (κ1) is 27.0. The third-order valence-electron chi connectivity index (χ3n) is 4.38. The van der Waals surface area contributed by atoms with Gasteiger partial charge in [0.2, 0.25) is 0 Å². The number of unbranched alkanes of at least 4 members (excludes halogenated alkanes) is 8. The molecule has 0 unspecified atom stereocenters. The molecular weight excluding hydrogens is 380 g/mol. The third-order valence-corrected chi connectivity index (χ3v) is 4.38. The molecule has 1 aliphatic rings. The summed E-state index contributed by atoms with van der Waals surface area (Å²) in [5, 5.41) is 0. The fourth-order valence-corrected chi connectivity index (χ4v) is 2.91. The van der Waals surface area contributed by atoms with Crippen molar-refractivity contribution in [2.75, 3.05) is 32.8 Å². The molecule has 0 aromatic carbocycles. The van der Waals surface area contributed by atoms with Gasteiger partial charge in [-0.2, -0.15) is 0 Å². The monoisotopic (exact) mass is 416 g/mol. The molecule has 1 saturated heterocycles. The van der Waals surface area contributed by atoms with Crippen LogP contribution in [-0.4, -0.2) is 61.6 Å². The summed E-state index contributed by atoms with van der Waals surface area (Å²) in [5.41, 5.74) is 0. The Bertz CT molecular complexity index is 491. The molecule has 1 aliphatic heterocycles. The van der Waals surface area contributed by atoms with Crippen LogP contribution in [0.2, 0.25) is 0 Å². The molecule has 0 aliphatic carbocycles. The van der Waals surface area contributed by atoms with Crippen LogP contribution in [0.25, 0.3) is 0 Å². The van der Waals surface area contributed by atoms with Crippen LogP contribution in [0.15, 0.2) is 0 Å². The molecule has 0 spiro atoms. The van der Waals surface area contributed by atoms with Gasteiger partial charge in [0, 0.05) is 6.42 Å². The third kappa shape index (κ3) is 14.6. The van der Waals surface area contributed by atoms with E-state index in [1.807, 2.05) is 0 Å². The number of ether oxygens (including phenoxy) is 3. The first-order chi connectivity index (χ1) is 13.5. The molecule has 0 aromatic rings. The molecule has 29 heavy (non-hydrogen) atoms. The Morgan fingerprint density at radius 2 is 1.31 bits per heavy atom. The lowest BCUT2D eigenvalue weighted by atomic mass is 10.1. The topological polar surface area (TPSA) is 134 Å². The maximum absolute atomic E-state index is 11.9. The smallest absolute Gasteiger partial charge is 0.327 e. The Labute approximate surface area is 173 Å². The summed E-state index contributed by atoms with van der Waals surface area (Å²) in [6, 6.07) is 0. The zero-order valence-corrected chi connectivity index (χ0v) is 17.6. The lowest BCUT2D eigenvalue weighted by Gasteiger charge is -2.17. The van der Waals surface area contributed by atoms with E-state index in [4.69, 9.17) is 14.2 Å². The van der Waals surface area contributed by atoms with E-state index in [1.165, 1.54) is 43.4 Å². The quantitative estimate of drug-likeness (QED) is 0.220. The fraction of sp³-hybridized carbons (Fsp3) is 0.800. The van der Waals surface area contributed by atoms with E-state index in [2.05, 4.69) is 6.92 Å². The van der Waals surface area contributed by atoms with Gasteiger partial charge in [-0.3, -0.25) is 24.1 Å². The van der Waals surface area contributed by atoms with E-state index in [9.17, 15) is 19.2 Å². The zero-order valence-electron chi connectivity index (χ0n) is 17.6. The molecule has 3 N–H and O–H groups in total. The van der Waals surface area contributed by atoms with Crippen molar-refractivity contribution in [3.05, 3.63) is 0 Å². The van der Waals surface area contributed by atoms with Crippen molar-refractivity contribution < 1.29 is 33.4 Å². The van der Waals surface area contributed by atoms with Crippen LogP contribution in [0.5, 0.6) is 0 Å². The molecule has 1 rings (SSSR count). The van der Waals surface area contributed by atoms with Crippen molar-refractivity contribution in [1.29, 1.82) is 0 Å². The van der Waals surface area contributed by atoms with Crippen molar-refractivity contribution in [2.45, 2.75) is 71.1 Å². The highest BCUT2D eigenvalue weighted by Gasteiger charge is 2.22. The number of rotatable bonds is 12. The highest BCUT2D eigenvalue weighted by atomic mass is 16.6. The van der Waals surface area contributed by atoms with E-state index in [1.54, 1.807) is 0 Å². The predicted octanol–water partition coefficient (Wildman–Crippen LogP) is 2.54. The molecule has 1 heterocycles. The minimum Gasteiger partial charge on any atom is -0.461 e. The van der Waals surface area contributed by atoms with Crippen LogP contribution in [0.3, 0.4) is 0 Å². The van der Waals surface area contributed by atoms with E-state index >= 15 is 0 Å². The lowest BCUT2D eigenvalue weighted by molar-refractivity contribution is -0.160. The van der Waals surface area contributed by atoms with E-state index in [-0.39, 0.29) is 45.4 Å². The van der Waals surface area contributed by atoms with Gasteiger partial charge in [0.1, 0.15) is 13.2 Å². The second kappa shape index (κ2) is 16.9. The summed E-state index contributed by atoms with van der Waals surface area (Å²) in [4.78, 5) is 48.0. The molecule has 9 nitrogen and oxygen atoms in total. The van der Waals surface area contributed by atoms with Crippen molar-refractivity contribution in [3.8, 4) is 0 Å². The number of hydrogen-bond donors (Lipinski definition) is 1. The Balaban J connectivity index is 0.00000784. The molecule has 0 atom stereocenters. The number of nitrogens with zero attached hydrogens (tertiary/aromatic N) is 1. The van der Waals surface area contributed by atoms with Gasteiger partial charge in [-0.25, -0.2) is 0 Å². The van der Waals surface area contributed by atoms with Gasteiger partial charge in [0.15, 0.2) is 0 Å². The minimum absolute atomic E-state index is 0. The van der Waals surface area contributed by atoms with Crippen LogP contribution in [0.1, 0.15) is 71.1 Å². The van der Waals surface area contributed by atoms with Gasteiger partial charge < -0.3 is 20.4 Å². The molecule has 1 fully saturated rings. The maximum atomic E-state index is 11.9. The molecular formula is C20H36N2O7. The largest absolute Gasteiger partial charge is 0.461 e. The van der Waals surface area contributed by atoms with Crippen molar-refractivity contribution in [2.24, 2.45) is 0 Å². The standard InChI is InChI=1S/C20H33NO7.H3N/c1-2-3-4-5-6-7-8-9-10-11-17(22)28-20(25)16-21-14-18(23)26-12-13-27-19(24)15-21;/h2-16H2,1H3;1H3. The van der Waals surface area contributed by atoms with Gasteiger partial charge in [-0.15, -0.1) is 0 Å². The summed E-state index contributed by atoms with van der Waals surface area (Å²) in [6.45, 7) is 1.34. The number of hydrogen-bond acceptors (Lipinski definition) is 9. The Morgan fingerprint density at radius 3 is 1.83 bits per heavy atom. The maximum Gasteiger partial charge on any atom is 0.327 e. The molecule has 9 heteroatoms. The second-order valence-corrected chi connectivity index (χ2v) is 7.01. The van der Waals surface area contributed by atoms with Crippen molar-refractivity contribution >= 4 is 23.9 Å². The number of carbonyl (C=O) groups is 4. The SMILES string of the molecule is CCCCCCCCCCCC(=O)OC(=O)CN1CC(=O)OCCOC(=O)C1.N. The first-order valence-electron chi connectivity index (χ1n) is 10.3. The van der Waals surface area contributed by atoms with Crippen LogP contribution in [0, 0.1) is 0 Å². The summed E-state index contributed by atoms with van der Waals surface area (Å²) < 4.78 is 14.5. The average molecular weight is 417 g/mol. The summed E-state index contributed by atoms with van der Waals surface area (Å²) in [5.74, 6) is -2.50.